The molecule has 2 bridgehead atoms. The van der Waals surface area contributed by atoms with Crippen LogP contribution in [0.2, 0.25) is 0 Å². The van der Waals surface area contributed by atoms with Gasteiger partial charge < -0.3 is 4.74 Å². The summed E-state index contributed by atoms with van der Waals surface area (Å²) in [5.41, 5.74) is 6.45. The molecule has 202 valence electrons. The molecule has 3 amide bonds. The normalized spacial score (nSPS) is 23.7. The van der Waals surface area contributed by atoms with Gasteiger partial charge >= 0.3 is 0 Å². The summed E-state index contributed by atoms with van der Waals surface area (Å²) in [5, 5.41) is 4.46. The molecule has 4 aromatic carbocycles. The Kier molecular flexibility index (Phi) is 5.82. The van der Waals surface area contributed by atoms with Gasteiger partial charge in [0.15, 0.2) is 0 Å². The Balaban J connectivity index is 1.38. The van der Waals surface area contributed by atoms with E-state index in [1.54, 1.807) is 54.7 Å². The van der Waals surface area contributed by atoms with E-state index < -0.39 is 17.3 Å². The molecular weight excluding hydrogens is 514 g/mol. The zero-order valence-corrected chi connectivity index (χ0v) is 22.4. The summed E-state index contributed by atoms with van der Waals surface area (Å²) < 4.78 is 5.57. The lowest BCUT2D eigenvalue weighted by Gasteiger charge is -2.52. The fraction of sp³-hybridized carbons (Fsp3) is 0.176. The highest BCUT2D eigenvalue weighted by Gasteiger charge is 2.68. The van der Waals surface area contributed by atoms with E-state index in [1.165, 1.54) is 4.90 Å². The molecule has 0 saturated carbocycles. The van der Waals surface area contributed by atoms with E-state index in [0.717, 1.165) is 22.3 Å². The van der Waals surface area contributed by atoms with Crippen molar-refractivity contribution < 1.29 is 19.1 Å². The van der Waals surface area contributed by atoms with Crippen LogP contribution < -0.4 is 15.1 Å². The van der Waals surface area contributed by atoms with Crippen LogP contribution in [-0.4, -0.2) is 30.5 Å². The van der Waals surface area contributed by atoms with Gasteiger partial charge in [-0.15, -0.1) is 0 Å². The third-order valence-corrected chi connectivity index (χ3v) is 8.56. The average Bonchev–Trinajstić information content (AvgIpc) is 3.29. The summed E-state index contributed by atoms with van der Waals surface area (Å²) in [5.74, 6) is -1.81. The molecule has 0 radical (unpaired) electrons. The first-order valence-corrected chi connectivity index (χ1v) is 13.8. The van der Waals surface area contributed by atoms with Crippen LogP contribution in [0.3, 0.4) is 0 Å². The lowest BCUT2D eigenvalue weighted by molar-refractivity contribution is -0.122. The number of anilines is 1. The minimum atomic E-state index is -1.05. The van der Waals surface area contributed by atoms with Crippen LogP contribution in [0.4, 0.5) is 5.69 Å². The molecule has 1 saturated heterocycles. The number of nitrogens with one attached hydrogen (secondary N) is 1. The second-order valence-electron chi connectivity index (χ2n) is 10.5. The molecule has 1 fully saturated rings. The molecule has 3 aliphatic carbocycles. The topological polar surface area (TPSA) is 88.1 Å². The fourth-order valence-electron chi connectivity index (χ4n) is 7.01. The maximum atomic E-state index is 14.4. The van der Waals surface area contributed by atoms with Crippen LogP contribution in [0.25, 0.3) is 0 Å². The van der Waals surface area contributed by atoms with Crippen molar-refractivity contribution in [1.82, 2.24) is 5.43 Å². The van der Waals surface area contributed by atoms with Gasteiger partial charge in [0.1, 0.15) is 5.75 Å². The van der Waals surface area contributed by atoms with Crippen molar-refractivity contribution in [3.8, 4) is 5.75 Å². The molecule has 0 spiro atoms. The van der Waals surface area contributed by atoms with Crippen LogP contribution in [0.15, 0.2) is 108 Å². The monoisotopic (exact) mass is 541 g/mol. The van der Waals surface area contributed by atoms with Crippen LogP contribution in [0.1, 0.15) is 45.5 Å². The van der Waals surface area contributed by atoms with Gasteiger partial charge in [-0.25, -0.2) is 10.3 Å². The minimum absolute atomic E-state index is 0.232. The second kappa shape index (κ2) is 9.55. The minimum Gasteiger partial charge on any atom is -0.494 e. The first kappa shape index (κ1) is 25.0. The number of imide groups is 1. The first-order valence-electron chi connectivity index (χ1n) is 13.8. The lowest BCUT2D eigenvalue weighted by Crippen LogP contribution is -2.54. The average molecular weight is 542 g/mol. The van der Waals surface area contributed by atoms with Gasteiger partial charge in [-0.05, 0) is 65.6 Å². The van der Waals surface area contributed by atoms with Crippen molar-refractivity contribution in [2.45, 2.75) is 18.3 Å². The van der Waals surface area contributed by atoms with Crippen molar-refractivity contribution in [2.75, 3.05) is 11.5 Å². The number of rotatable bonds is 6. The molecule has 8 rings (SSSR count). The smallest absolute Gasteiger partial charge is 0.271 e. The Bertz CT molecular complexity index is 1670. The Morgan fingerprint density at radius 1 is 0.854 bits per heavy atom. The van der Waals surface area contributed by atoms with Gasteiger partial charge in [-0.2, -0.15) is 5.10 Å². The quantitative estimate of drug-likeness (QED) is 0.210. The summed E-state index contributed by atoms with van der Waals surface area (Å²) in [6.45, 7) is 2.42. The van der Waals surface area contributed by atoms with E-state index in [1.807, 2.05) is 61.5 Å². The van der Waals surface area contributed by atoms with E-state index >= 15 is 0 Å². The summed E-state index contributed by atoms with van der Waals surface area (Å²) in [6, 6.07) is 31.8. The molecule has 0 aromatic heterocycles. The molecule has 1 N–H and O–H groups in total. The lowest BCUT2D eigenvalue weighted by atomic mass is 9.47. The summed E-state index contributed by atoms with van der Waals surface area (Å²) in [4.78, 5) is 42.9. The molecule has 7 heteroatoms. The van der Waals surface area contributed by atoms with E-state index in [4.69, 9.17) is 4.74 Å². The van der Waals surface area contributed by atoms with Gasteiger partial charge in [-0.1, -0.05) is 66.7 Å². The van der Waals surface area contributed by atoms with Crippen molar-refractivity contribution in [3.05, 3.63) is 131 Å². The second-order valence-corrected chi connectivity index (χ2v) is 10.5. The van der Waals surface area contributed by atoms with Crippen molar-refractivity contribution in [2.24, 2.45) is 16.9 Å². The van der Waals surface area contributed by atoms with Crippen LogP contribution in [0, 0.1) is 11.8 Å². The summed E-state index contributed by atoms with van der Waals surface area (Å²) in [6.07, 6.45) is 1.67. The third kappa shape index (κ3) is 3.58. The van der Waals surface area contributed by atoms with E-state index in [0.29, 0.717) is 23.6 Å². The van der Waals surface area contributed by atoms with Crippen LogP contribution >= 0.6 is 0 Å². The largest absolute Gasteiger partial charge is 0.494 e. The van der Waals surface area contributed by atoms with E-state index in [-0.39, 0.29) is 23.6 Å². The van der Waals surface area contributed by atoms with Gasteiger partial charge in [0.05, 0.1) is 29.5 Å². The van der Waals surface area contributed by atoms with Gasteiger partial charge in [0.25, 0.3) is 5.91 Å². The Morgan fingerprint density at radius 3 is 2.10 bits per heavy atom. The number of benzene rings is 4. The van der Waals surface area contributed by atoms with Gasteiger partial charge in [0.2, 0.25) is 11.8 Å². The number of carbonyl (C=O) groups is 3. The van der Waals surface area contributed by atoms with E-state index in [9.17, 15) is 14.4 Å². The summed E-state index contributed by atoms with van der Waals surface area (Å²) >= 11 is 0. The molecule has 1 aliphatic heterocycles. The number of hydrogen-bond donors (Lipinski definition) is 1. The summed E-state index contributed by atoms with van der Waals surface area (Å²) in [7, 11) is 0. The highest BCUT2D eigenvalue weighted by atomic mass is 16.5. The standard InChI is InChI=1S/C34H27N3O4/c1-2-41-23-18-16-22(17-19-23)37-32(39)29-28-24-12-6-8-14-26(24)34(30(29)33(37)40,27-15-9-7-13-25(27)28)20-35-36-31(38)21-10-4-3-5-11-21/h3-20,28-30H,2H2,1H3,(H,36,38)/b35-20-/t28?,29-,30+,34?/m1/s1. The maximum absolute atomic E-state index is 14.4. The van der Waals surface area contributed by atoms with Crippen molar-refractivity contribution in [3.63, 3.8) is 0 Å². The Morgan fingerprint density at radius 2 is 1.46 bits per heavy atom. The molecule has 1 heterocycles. The van der Waals surface area contributed by atoms with Crippen molar-refractivity contribution in [1.29, 1.82) is 0 Å². The van der Waals surface area contributed by atoms with Gasteiger partial charge in [0, 0.05) is 17.7 Å². The number of carbonyl (C=O) groups excluding carboxylic acids is 3. The SMILES string of the molecule is CCOc1ccc(N2C(=O)[C@@H]3C4c5ccccc5C(/C=N\NC(=O)c5ccccc5)(c5ccccc54)[C@@H]3C2=O)cc1. The number of amides is 3. The van der Waals surface area contributed by atoms with Crippen LogP contribution in [-0.2, 0) is 15.0 Å². The fourth-order valence-corrected chi connectivity index (χ4v) is 7.01. The molecule has 41 heavy (non-hydrogen) atoms. The van der Waals surface area contributed by atoms with Crippen molar-refractivity contribution >= 4 is 29.6 Å². The zero-order chi connectivity index (χ0) is 28.1. The zero-order valence-electron chi connectivity index (χ0n) is 22.4. The highest BCUT2D eigenvalue weighted by Crippen LogP contribution is 2.63. The Hall–Kier alpha value is -5.04. The first-order chi connectivity index (χ1) is 20.1. The highest BCUT2D eigenvalue weighted by molar-refractivity contribution is 6.25. The Labute approximate surface area is 237 Å². The molecule has 2 atom stereocenters. The van der Waals surface area contributed by atoms with E-state index in [2.05, 4.69) is 10.5 Å². The molecule has 7 nitrogen and oxygen atoms in total. The molecule has 4 aromatic rings. The predicted octanol–water partition coefficient (Wildman–Crippen LogP) is 5.05. The molecule has 4 aliphatic rings. The predicted molar refractivity (Wildman–Crippen MR) is 155 cm³/mol. The number of ether oxygens (including phenoxy) is 1. The van der Waals surface area contributed by atoms with Crippen LogP contribution in [0.5, 0.6) is 5.75 Å². The molecule has 0 unspecified atom stereocenters. The maximum Gasteiger partial charge on any atom is 0.271 e. The number of hydrogen-bond acceptors (Lipinski definition) is 5. The van der Waals surface area contributed by atoms with Gasteiger partial charge in [-0.3, -0.25) is 14.4 Å². The third-order valence-electron chi connectivity index (χ3n) is 8.56. The molecular formula is C34H27N3O4. The number of nitrogens with zero attached hydrogens (tertiary/aromatic N) is 2. The number of hydrazone groups is 1.